The van der Waals surface area contributed by atoms with Gasteiger partial charge >= 0.3 is 12.1 Å². The molecule has 0 aliphatic heterocycles. The molecule has 0 saturated heterocycles. The molecular formula is C15H27NO4S. The van der Waals surface area contributed by atoms with E-state index in [1.165, 1.54) is 12.7 Å². The molecule has 0 bridgehead atoms. The summed E-state index contributed by atoms with van der Waals surface area (Å²) in [6, 6.07) is -0.704. The number of allylic oxidation sites excluding steroid dienone is 1. The zero-order chi connectivity index (χ0) is 16.5. The number of carbonyl (C=O) groups excluding carboxylic acids is 2. The average Bonchev–Trinajstić information content (AvgIpc) is 2.38. The molecule has 0 heterocycles. The summed E-state index contributed by atoms with van der Waals surface area (Å²) in [6.07, 6.45) is 2.52. The molecule has 0 rings (SSSR count). The van der Waals surface area contributed by atoms with Crippen molar-refractivity contribution in [3.05, 3.63) is 11.6 Å². The van der Waals surface area contributed by atoms with E-state index in [4.69, 9.17) is 9.47 Å². The van der Waals surface area contributed by atoms with E-state index in [0.29, 0.717) is 5.75 Å². The molecule has 1 atom stereocenters. The van der Waals surface area contributed by atoms with Crippen LogP contribution in [0.25, 0.3) is 0 Å². The van der Waals surface area contributed by atoms with Gasteiger partial charge in [-0.1, -0.05) is 18.6 Å². The first kappa shape index (κ1) is 19.8. The average molecular weight is 317 g/mol. The van der Waals surface area contributed by atoms with E-state index in [1.54, 1.807) is 32.5 Å². The second-order valence-corrected chi connectivity index (χ2v) is 6.74. The van der Waals surface area contributed by atoms with Gasteiger partial charge in [-0.2, -0.15) is 11.8 Å². The monoisotopic (exact) mass is 317 g/mol. The fourth-order valence-electron chi connectivity index (χ4n) is 1.29. The van der Waals surface area contributed by atoms with Crippen molar-refractivity contribution in [1.82, 2.24) is 5.32 Å². The molecule has 1 N–H and O–H groups in total. The van der Waals surface area contributed by atoms with Crippen LogP contribution in [-0.4, -0.2) is 42.3 Å². The Kier molecular flexibility index (Phi) is 9.17. The molecule has 0 saturated carbocycles. The molecule has 0 radical (unpaired) electrons. The van der Waals surface area contributed by atoms with Gasteiger partial charge in [-0.3, -0.25) is 0 Å². The lowest BCUT2D eigenvalue weighted by molar-refractivity contribution is -0.142. The molecular weight excluding hydrogens is 290 g/mol. The van der Waals surface area contributed by atoms with Crippen molar-refractivity contribution in [1.29, 1.82) is 0 Å². The molecule has 0 aliphatic carbocycles. The van der Waals surface area contributed by atoms with Crippen molar-refractivity contribution >= 4 is 23.8 Å². The third-order valence-electron chi connectivity index (χ3n) is 2.57. The summed E-state index contributed by atoms with van der Waals surface area (Å²) in [6.45, 7) is 9.47. The molecule has 0 aromatic heterocycles. The highest BCUT2D eigenvalue weighted by atomic mass is 32.2. The van der Waals surface area contributed by atoms with Gasteiger partial charge in [-0.15, -0.1) is 0 Å². The van der Waals surface area contributed by atoms with Crippen LogP contribution in [0.4, 0.5) is 4.79 Å². The quantitative estimate of drug-likeness (QED) is 0.444. The zero-order valence-corrected chi connectivity index (χ0v) is 14.6. The third-order valence-corrected chi connectivity index (χ3v) is 3.54. The number of alkyl carbamates (subject to hydrolysis) is 1. The van der Waals surface area contributed by atoms with Gasteiger partial charge in [0.2, 0.25) is 0 Å². The second-order valence-electron chi connectivity index (χ2n) is 5.66. The van der Waals surface area contributed by atoms with Crippen LogP contribution in [0.15, 0.2) is 11.6 Å². The molecule has 0 aromatic carbocycles. The predicted molar refractivity (Wildman–Crippen MR) is 86.5 cm³/mol. The summed E-state index contributed by atoms with van der Waals surface area (Å²) in [5, 5.41) is 2.55. The molecule has 0 aliphatic rings. The lowest BCUT2D eigenvalue weighted by Gasteiger charge is -2.22. The minimum absolute atomic E-state index is 0.444. The van der Waals surface area contributed by atoms with E-state index in [9.17, 15) is 9.59 Å². The Morgan fingerprint density at radius 3 is 2.43 bits per heavy atom. The van der Waals surface area contributed by atoms with Crippen LogP contribution in [0.3, 0.4) is 0 Å². The fourth-order valence-corrected chi connectivity index (χ4v) is 2.29. The second kappa shape index (κ2) is 9.71. The van der Waals surface area contributed by atoms with Crippen molar-refractivity contribution in [2.75, 3.05) is 18.6 Å². The maximum Gasteiger partial charge on any atom is 0.408 e. The predicted octanol–water partition coefficient (Wildman–Crippen LogP) is 3.14. The van der Waals surface area contributed by atoms with Gasteiger partial charge in [0.25, 0.3) is 0 Å². The van der Waals surface area contributed by atoms with Crippen LogP contribution >= 0.6 is 11.8 Å². The van der Waals surface area contributed by atoms with Gasteiger partial charge in [-0.25, -0.2) is 9.59 Å². The van der Waals surface area contributed by atoms with Crippen molar-refractivity contribution in [3.63, 3.8) is 0 Å². The molecule has 122 valence electrons. The summed E-state index contributed by atoms with van der Waals surface area (Å²) >= 11 is 1.56. The molecule has 0 spiro atoms. The first-order valence-corrected chi connectivity index (χ1v) is 8.15. The van der Waals surface area contributed by atoms with E-state index >= 15 is 0 Å². The first-order valence-electron chi connectivity index (χ1n) is 7.00. The minimum Gasteiger partial charge on any atom is -0.467 e. The van der Waals surface area contributed by atoms with Crippen molar-refractivity contribution in [2.24, 2.45) is 0 Å². The SMILES string of the molecule is CC/C(C)=C/CSCC(NC(=O)OC(C)(C)C)C(=O)OC. The van der Waals surface area contributed by atoms with E-state index in [2.05, 4.69) is 25.2 Å². The fraction of sp³-hybridized carbons (Fsp3) is 0.733. The van der Waals surface area contributed by atoms with Crippen LogP contribution in [0.5, 0.6) is 0 Å². The molecule has 0 fully saturated rings. The highest BCUT2D eigenvalue weighted by Gasteiger charge is 2.24. The minimum atomic E-state index is -0.704. The Morgan fingerprint density at radius 2 is 1.95 bits per heavy atom. The van der Waals surface area contributed by atoms with Gasteiger partial charge in [-0.05, 0) is 34.1 Å². The number of hydrogen-bond acceptors (Lipinski definition) is 5. The van der Waals surface area contributed by atoms with Crippen LogP contribution in [-0.2, 0) is 14.3 Å². The van der Waals surface area contributed by atoms with Crippen LogP contribution in [0.1, 0.15) is 41.0 Å². The molecule has 1 unspecified atom stereocenters. The highest BCUT2D eigenvalue weighted by Crippen LogP contribution is 2.10. The Labute approximate surface area is 131 Å². The maximum absolute atomic E-state index is 11.7. The van der Waals surface area contributed by atoms with E-state index in [-0.39, 0.29) is 0 Å². The van der Waals surface area contributed by atoms with Gasteiger partial charge in [0.15, 0.2) is 0 Å². The highest BCUT2D eigenvalue weighted by molar-refractivity contribution is 7.99. The number of ether oxygens (including phenoxy) is 2. The van der Waals surface area contributed by atoms with Crippen molar-refractivity contribution < 1.29 is 19.1 Å². The lowest BCUT2D eigenvalue weighted by atomic mass is 10.2. The molecule has 0 aromatic rings. The first-order chi connectivity index (χ1) is 9.69. The van der Waals surface area contributed by atoms with Gasteiger partial charge < -0.3 is 14.8 Å². The third kappa shape index (κ3) is 10.2. The maximum atomic E-state index is 11.7. The largest absolute Gasteiger partial charge is 0.467 e. The topological polar surface area (TPSA) is 64.6 Å². The number of rotatable bonds is 7. The van der Waals surface area contributed by atoms with E-state index in [0.717, 1.165) is 12.2 Å². The molecule has 6 heteroatoms. The summed E-state index contributed by atoms with van der Waals surface area (Å²) in [5.41, 5.74) is 0.705. The van der Waals surface area contributed by atoms with Crippen molar-refractivity contribution in [2.45, 2.75) is 52.7 Å². The number of amides is 1. The Balaban J connectivity index is 4.40. The number of nitrogens with one attached hydrogen (secondary N) is 1. The standard InChI is InChI=1S/C15H27NO4S/c1-7-11(2)8-9-21-10-12(13(17)19-6)16-14(18)20-15(3,4)5/h8,12H,7,9-10H2,1-6H3,(H,16,18)/b11-8+. The number of thioether (sulfide) groups is 1. The summed E-state index contributed by atoms with van der Waals surface area (Å²) in [4.78, 5) is 23.4. The van der Waals surface area contributed by atoms with E-state index in [1.807, 2.05) is 0 Å². The summed E-state index contributed by atoms with van der Waals surface area (Å²) < 4.78 is 9.85. The van der Waals surface area contributed by atoms with Gasteiger partial charge in [0.05, 0.1) is 7.11 Å². The zero-order valence-electron chi connectivity index (χ0n) is 13.8. The lowest BCUT2D eigenvalue weighted by Crippen LogP contribution is -2.45. The molecule has 21 heavy (non-hydrogen) atoms. The molecule has 5 nitrogen and oxygen atoms in total. The number of carbonyl (C=O) groups is 2. The van der Waals surface area contributed by atoms with Gasteiger partial charge in [0.1, 0.15) is 11.6 Å². The summed E-state index contributed by atoms with van der Waals surface area (Å²) in [7, 11) is 1.30. The number of esters is 1. The smallest absolute Gasteiger partial charge is 0.408 e. The van der Waals surface area contributed by atoms with Crippen LogP contribution < -0.4 is 5.32 Å². The van der Waals surface area contributed by atoms with Crippen LogP contribution in [0, 0.1) is 0 Å². The molecule has 1 amide bonds. The van der Waals surface area contributed by atoms with Crippen molar-refractivity contribution in [3.8, 4) is 0 Å². The normalized spacial score (nSPS) is 13.5. The summed E-state index contributed by atoms with van der Waals surface area (Å²) in [5.74, 6) is 0.771. The Morgan fingerprint density at radius 1 is 1.33 bits per heavy atom. The number of hydrogen-bond donors (Lipinski definition) is 1. The van der Waals surface area contributed by atoms with Gasteiger partial charge in [0, 0.05) is 11.5 Å². The van der Waals surface area contributed by atoms with E-state index < -0.39 is 23.7 Å². The Hall–Kier alpha value is -1.17. The Bertz CT molecular complexity index is 374. The number of methoxy groups -OCH3 is 1. The van der Waals surface area contributed by atoms with Crippen LogP contribution in [0.2, 0.25) is 0 Å².